The molecule has 0 spiro atoms. The van der Waals surface area contributed by atoms with Gasteiger partial charge in [-0.3, -0.25) is 4.79 Å². The van der Waals surface area contributed by atoms with Crippen LogP contribution in [-0.4, -0.2) is 24.4 Å². The summed E-state index contributed by atoms with van der Waals surface area (Å²) in [4.78, 5) is 19.2. The summed E-state index contributed by atoms with van der Waals surface area (Å²) in [6.45, 7) is 13.3. The quantitative estimate of drug-likeness (QED) is 0.774. The third-order valence-electron chi connectivity index (χ3n) is 4.54. The standard InChI is InChI=1S/C16H26N2OS/c1-6-11(2)14-13(10-19)20-15(17-14)18-8-7-12(9-18)16(3,4)5/h10-12H,6-9H2,1-5H3. The molecule has 3 nitrogen and oxygen atoms in total. The van der Waals surface area contributed by atoms with E-state index in [2.05, 4.69) is 39.5 Å². The van der Waals surface area contributed by atoms with Crippen LogP contribution in [0.3, 0.4) is 0 Å². The predicted octanol–water partition coefficient (Wildman–Crippen LogP) is 4.34. The second-order valence-corrected chi connectivity index (χ2v) is 7.98. The largest absolute Gasteiger partial charge is 0.348 e. The van der Waals surface area contributed by atoms with Crippen molar-refractivity contribution in [3.8, 4) is 0 Å². The molecule has 0 saturated carbocycles. The first kappa shape index (κ1) is 15.5. The summed E-state index contributed by atoms with van der Waals surface area (Å²) >= 11 is 1.56. The topological polar surface area (TPSA) is 33.2 Å². The highest BCUT2D eigenvalue weighted by molar-refractivity contribution is 7.17. The highest BCUT2D eigenvalue weighted by Crippen LogP contribution is 2.38. The fraction of sp³-hybridized carbons (Fsp3) is 0.750. The van der Waals surface area contributed by atoms with Crippen molar-refractivity contribution in [3.63, 3.8) is 0 Å². The molecule has 0 aromatic carbocycles. The van der Waals surface area contributed by atoms with Crippen molar-refractivity contribution in [3.05, 3.63) is 10.6 Å². The number of carbonyl (C=O) groups is 1. The Bertz CT molecular complexity index is 475. The third-order valence-corrected chi connectivity index (χ3v) is 5.60. The molecular formula is C16H26N2OS. The molecule has 1 aromatic heterocycles. The number of nitrogens with zero attached hydrogens (tertiary/aromatic N) is 2. The van der Waals surface area contributed by atoms with Gasteiger partial charge in [0, 0.05) is 13.1 Å². The van der Waals surface area contributed by atoms with Crippen molar-refractivity contribution in [1.82, 2.24) is 4.98 Å². The molecule has 2 heterocycles. The van der Waals surface area contributed by atoms with E-state index >= 15 is 0 Å². The maximum Gasteiger partial charge on any atom is 0.186 e. The van der Waals surface area contributed by atoms with Crippen molar-refractivity contribution < 1.29 is 4.79 Å². The van der Waals surface area contributed by atoms with E-state index < -0.39 is 0 Å². The molecule has 0 bridgehead atoms. The first-order chi connectivity index (χ1) is 9.36. The minimum atomic E-state index is 0.346. The molecule has 1 saturated heterocycles. The second kappa shape index (κ2) is 5.84. The van der Waals surface area contributed by atoms with Crippen LogP contribution in [0, 0.1) is 11.3 Å². The summed E-state index contributed by atoms with van der Waals surface area (Å²) in [6, 6.07) is 0. The highest BCUT2D eigenvalue weighted by atomic mass is 32.1. The zero-order valence-electron chi connectivity index (χ0n) is 13.3. The average molecular weight is 294 g/mol. The number of aromatic nitrogens is 1. The Labute approximate surface area is 126 Å². The first-order valence-corrected chi connectivity index (χ1v) is 8.39. The van der Waals surface area contributed by atoms with Gasteiger partial charge >= 0.3 is 0 Å². The summed E-state index contributed by atoms with van der Waals surface area (Å²) in [7, 11) is 0. The number of rotatable bonds is 4. The van der Waals surface area contributed by atoms with Crippen LogP contribution in [-0.2, 0) is 0 Å². The molecule has 0 aliphatic carbocycles. The minimum Gasteiger partial charge on any atom is -0.348 e. The van der Waals surface area contributed by atoms with Gasteiger partial charge in [0.15, 0.2) is 11.4 Å². The van der Waals surface area contributed by atoms with Crippen molar-refractivity contribution in [1.29, 1.82) is 0 Å². The summed E-state index contributed by atoms with van der Waals surface area (Å²) in [6.07, 6.45) is 3.22. The molecule has 2 atom stereocenters. The number of thiazole rings is 1. The Morgan fingerprint density at radius 3 is 2.70 bits per heavy atom. The molecular weight excluding hydrogens is 268 g/mol. The number of hydrogen-bond donors (Lipinski definition) is 0. The van der Waals surface area contributed by atoms with Crippen molar-refractivity contribution in [2.75, 3.05) is 18.0 Å². The van der Waals surface area contributed by atoms with Gasteiger partial charge in [-0.05, 0) is 30.1 Å². The first-order valence-electron chi connectivity index (χ1n) is 7.57. The van der Waals surface area contributed by atoms with Crippen LogP contribution in [0.5, 0.6) is 0 Å². The fourth-order valence-corrected chi connectivity index (χ4v) is 3.77. The Kier molecular flexibility index (Phi) is 4.52. The van der Waals surface area contributed by atoms with Crippen LogP contribution in [0.2, 0.25) is 0 Å². The van der Waals surface area contributed by atoms with E-state index in [0.717, 1.165) is 41.5 Å². The summed E-state index contributed by atoms with van der Waals surface area (Å²) in [5.41, 5.74) is 1.33. The lowest BCUT2D eigenvalue weighted by molar-refractivity contribution is 0.112. The zero-order chi connectivity index (χ0) is 14.9. The van der Waals surface area contributed by atoms with Gasteiger partial charge in [-0.25, -0.2) is 4.98 Å². The monoisotopic (exact) mass is 294 g/mol. The van der Waals surface area contributed by atoms with E-state index in [-0.39, 0.29) is 0 Å². The summed E-state index contributed by atoms with van der Waals surface area (Å²) in [5, 5.41) is 1.04. The fourth-order valence-electron chi connectivity index (χ4n) is 2.74. The normalized spacial score (nSPS) is 21.2. The van der Waals surface area contributed by atoms with E-state index in [0.29, 0.717) is 17.3 Å². The highest BCUT2D eigenvalue weighted by Gasteiger charge is 2.33. The number of anilines is 1. The molecule has 1 aliphatic heterocycles. The average Bonchev–Trinajstić information content (AvgIpc) is 3.02. The minimum absolute atomic E-state index is 0.346. The number of carbonyl (C=O) groups excluding carboxylic acids is 1. The molecule has 0 N–H and O–H groups in total. The van der Waals surface area contributed by atoms with Gasteiger partial charge in [0.25, 0.3) is 0 Å². The Balaban J connectivity index is 2.19. The lowest BCUT2D eigenvalue weighted by Gasteiger charge is -2.26. The van der Waals surface area contributed by atoms with Crippen LogP contribution in [0.4, 0.5) is 5.13 Å². The molecule has 2 rings (SSSR count). The molecule has 20 heavy (non-hydrogen) atoms. The van der Waals surface area contributed by atoms with Crippen LogP contribution >= 0.6 is 11.3 Å². The predicted molar refractivity (Wildman–Crippen MR) is 86.0 cm³/mol. The van der Waals surface area contributed by atoms with Gasteiger partial charge in [-0.2, -0.15) is 0 Å². The second-order valence-electron chi connectivity index (χ2n) is 6.97. The molecule has 1 aliphatic rings. The SMILES string of the molecule is CCC(C)c1nc(N2CCC(C(C)(C)C)C2)sc1C=O. The summed E-state index contributed by atoms with van der Waals surface area (Å²) in [5.74, 6) is 1.07. The Morgan fingerprint density at radius 1 is 1.50 bits per heavy atom. The van der Waals surface area contributed by atoms with Gasteiger partial charge in [-0.1, -0.05) is 46.0 Å². The van der Waals surface area contributed by atoms with Gasteiger partial charge in [0.05, 0.1) is 10.6 Å². The zero-order valence-corrected chi connectivity index (χ0v) is 14.1. The van der Waals surface area contributed by atoms with E-state index in [4.69, 9.17) is 4.98 Å². The van der Waals surface area contributed by atoms with Crippen LogP contribution in [0.15, 0.2) is 0 Å². The molecule has 112 valence electrons. The van der Waals surface area contributed by atoms with Crippen LogP contribution in [0.25, 0.3) is 0 Å². The van der Waals surface area contributed by atoms with Gasteiger partial charge < -0.3 is 4.90 Å². The van der Waals surface area contributed by atoms with Crippen LogP contribution in [0.1, 0.15) is 68.7 Å². The molecule has 1 aromatic rings. The Morgan fingerprint density at radius 2 is 2.20 bits per heavy atom. The van der Waals surface area contributed by atoms with E-state index in [1.807, 2.05) is 0 Å². The number of aldehydes is 1. The van der Waals surface area contributed by atoms with Gasteiger partial charge in [0.2, 0.25) is 0 Å². The van der Waals surface area contributed by atoms with Crippen LogP contribution < -0.4 is 4.90 Å². The molecule has 0 amide bonds. The lowest BCUT2D eigenvalue weighted by Crippen LogP contribution is -2.25. The van der Waals surface area contributed by atoms with Gasteiger partial charge in [0.1, 0.15) is 0 Å². The molecule has 1 fully saturated rings. The van der Waals surface area contributed by atoms with Gasteiger partial charge in [-0.15, -0.1) is 0 Å². The third kappa shape index (κ3) is 3.05. The van der Waals surface area contributed by atoms with Crippen molar-refractivity contribution in [2.45, 2.75) is 53.4 Å². The maximum atomic E-state index is 11.3. The van der Waals surface area contributed by atoms with E-state index in [9.17, 15) is 4.79 Å². The maximum absolute atomic E-state index is 11.3. The van der Waals surface area contributed by atoms with Crippen molar-refractivity contribution >= 4 is 22.8 Å². The number of hydrogen-bond acceptors (Lipinski definition) is 4. The molecule has 2 unspecified atom stereocenters. The van der Waals surface area contributed by atoms with E-state index in [1.165, 1.54) is 6.42 Å². The Hall–Kier alpha value is -0.900. The molecule has 0 radical (unpaired) electrons. The summed E-state index contributed by atoms with van der Waals surface area (Å²) < 4.78 is 0. The van der Waals surface area contributed by atoms with E-state index in [1.54, 1.807) is 11.3 Å². The van der Waals surface area contributed by atoms with Crippen molar-refractivity contribution in [2.24, 2.45) is 11.3 Å². The smallest absolute Gasteiger partial charge is 0.186 e. The molecule has 4 heteroatoms. The lowest BCUT2D eigenvalue weighted by atomic mass is 9.80.